The monoisotopic (exact) mass is 267 g/mol. The summed E-state index contributed by atoms with van der Waals surface area (Å²) in [4.78, 5) is 24.7. The van der Waals surface area contributed by atoms with Gasteiger partial charge in [0.2, 0.25) is 5.91 Å². The lowest BCUT2D eigenvalue weighted by Gasteiger charge is -2.31. The van der Waals surface area contributed by atoms with Crippen LogP contribution in [0.1, 0.15) is 23.2 Å². The van der Waals surface area contributed by atoms with Crippen LogP contribution in [0.3, 0.4) is 0 Å². The Labute approximate surface area is 110 Å². The number of carbonyl (C=O) groups is 2. The molecule has 1 saturated heterocycles. The van der Waals surface area contributed by atoms with Gasteiger partial charge in [-0.05, 0) is 24.3 Å². The molecule has 0 bridgehead atoms. The number of rotatable bonds is 4. The number of likely N-dealkylation sites (tertiary alicyclic amines) is 1. The topological polar surface area (TPSA) is 75.4 Å². The minimum Gasteiger partial charge on any atom is -0.369 e. The zero-order valence-electron chi connectivity index (χ0n) is 10.1. The summed E-state index contributed by atoms with van der Waals surface area (Å²) in [6.45, 7) is 1.92. The maximum Gasteiger partial charge on any atom is 0.252 e. The Kier molecular flexibility index (Phi) is 4.33. The average Bonchev–Trinajstić information content (AvgIpc) is 2.84. The number of nitrogens with one attached hydrogen (secondary N) is 1. The second-order valence-corrected chi connectivity index (χ2v) is 5.28. The van der Waals surface area contributed by atoms with Crippen LogP contribution in [0.4, 0.5) is 0 Å². The summed E-state index contributed by atoms with van der Waals surface area (Å²) in [5, 5.41) is 6.76. The van der Waals surface area contributed by atoms with E-state index in [1.54, 1.807) is 0 Å². The van der Waals surface area contributed by atoms with Gasteiger partial charge in [0, 0.05) is 30.1 Å². The molecule has 2 heterocycles. The molecule has 1 fully saturated rings. The van der Waals surface area contributed by atoms with Crippen molar-refractivity contribution in [3.63, 3.8) is 0 Å². The fourth-order valence-corrected chi connectivity index (χ4v) is 2.75. The van der Waals surface area contributed by atoms with E-state index in [0.29, 0.717) is 6.54 Å². The lowest BCUT2D eigenvalue weighted by molar-refractivity contribution is -0.119. The summed E-state index contributed by atoms with van der Waals surface area (Å²) in [5.41, 5.74) is 5.88. The predicted octanol–water partition coefficient (Wildman–Crippen LogP) is 0.428. The SMILES string of the molecule is NC(=O)CN1CCC(NC(=O)c2ccsc2)CC1. The first-order valence-electron chi connectivity index (χ1n) is 5.99. The van der Waals surface area contributed by atoms with Crippen molar-refractivity contribution in [3.8, 4) is 0 Å². The van der Waals surface area contributed by atoms with Gasteiger partial charge >= 0.3 is 0 Å². The largest absolute Gasteiger partial charge is 0.369 e. The Bertz CT molecular complexity index is 411. The Balaban J connectivity index is 1.77. The second kappa shape index (κ2) is 5.97. The van der Waals surface area contributed by atoms with Gasteiger partial charge in [-0.2, -0.15) is 11.3 Å². The molecule has 2 amide bonds. The number of hydrogen-bond donors (Lipinski definition) is 2. The van der Waals surface area contributed by atoms with Crippen molar-refractivity contribution in [3.05, 3.63) is 22.4 Å². The smallest absolute Gasteiger partial charge is 0.252 e. The fraction of sp³-hybridized carbons (Fsp3) is 0.500. The van der Waals surface area contributed by atoms with Gasteiger partial charge < -0.3 is 11.1 Å². The van der Waals surface area contributed by atoms with E-state index in [-0.39, 0.29) is 17.9 Å². The summed E-state index contributed by atoms with van der Waals surface area (Å²) in [6.07, 6.45) is 1.73. The summed E-state index contributed by atoms with van der Waals surface area (Å²) < 4.78 is 0. The van der Waals surface area contributed by atoms with Gasteiger partial charge in [0.25, 0.3) is 5.91 Å². The van der Waals surface area contributed by atoms with E-state index >= 15 is 0 Å². The lowest BCUT2D eigenvalue weighted by atomic mass is 10.0. The number of thiophene rings is 1. The van der Waals surface area contributed by atoms with Crippen LogP contribution in [-0.2, 0) is 4.79 Å². The van der Waals surface area contributed by atoms with E-state index in [1.807, 2.05) is 21.7 Å². The number of nitrogens with zero attached hydrogens (tertiary/aromatic N) is 1. The maximum atomic E-state index is 11.8. The van der Waals surface area contributed by atoms with Crippen molar-refractivity contribution in [1.29, 1.82) is 0 Å². The molecule has 0 aliphatic carbocycles. The molecule has 0 saturated carbocycles. The molecule has 1 aliphatic heterocycles. The average molecular weight is 267 g/mol. The van der Waals surface area contributed by atoms with Crippen molar-refractivity contribution in [2.75, 3.05) is 19.6 Å². The van der Waals surface area contributed by atoms with Crippen LogP contribution in [0.2, 0.25) is 0 Å². The van der Waals surface area contributed by atoms with Gasteiger partial charge in [0.15, 0.2) is 0 Å². The minimum absolute atomic E-state index is 0.00963. The molecule has 0 radical (unpaired) electrons. The number of carbonyl (C=O) groups excluding carboxylic acids is 2. The molecule has 1 aromatic rings. The molecule has 98 valence electrons. The highest BCUT2D eigenvalue weighted by Crippen LogP contribution is 2.12. The van der Waals surface area contributed by atoms with E-state index < -0.39 is 0 Å². The van der Waals surface area contributed by atoms with Crippen molar-refractivity contribution >= 4 is 23.2 Å². The van der Waals surface area contributed by atoms with Crippen molar-refractivity contribution in [2.24, 2.45) is 5.73 Å². The zero-order valence-corrected chi connectivity index (χ0v) is 10.9. The molecule has 1 aliphatic rings. The van der Waals surface area contributed by atoms with Crippen LogP contribution >= 0.6 is 11.3 Å². The van der Waals surface area contributed by atoms with Gasteiger partial charge in [0.1, 0.15) is 0 Å². The lowest BCUT2D eigenvalue weighted by Crippen LogP contribution is -2.46. The Hall–Kier alpha value is -1.40. The van der Waals surface area contributed by atoms with Gasteiger partial charge in [-0.3, -0.25) is 14.5 Å². The molecule has 2 rings (SSSR count). The van der Waals surface area contributed by atoms with E-state index in [1.165, 1.54) is 11.3 Å². The standard InChI is InChI=1S/C12H17N3O2S/c13-11(16)7-15-4-1-10(2-5-15)14-12(17)9-3-6-18-8-9/h3,6,8,10H,1-2,4-5,7H2,(H2,13,16)(H,14,17). The Morgan fingerprint density at radius 2 is 2.17 bits per heavy atom. The van der Waals surface area contributed by atoms with Crippen LogP contribution in [-0.4, -0.2) is 42.4 Å². The summed E-state index contributed by atoms with van der Waals surface area (Å²) in [7, 11) is 0. The van der Waals surface area contributed by atoms with Crippen LogP contribution in [0.15, 0.2) is 16.8 Å². The summed E-state index contributed by atoms with van der Waals surface area (Å²) in [5.74, 6) is -0.305. The third-order valence-corrected chi connectivity index (χ3v) is 3.77. The first-order chi connectivity index (χ1) is 8.65. The molecule has 0 atom stereocenters. The van der Waals surface area contributed by atoms with Crippen LogP contribution < -0.4 is 11.1 Å². The molecule has 1 aromatic heterocycles. The van der Waals surface area contributed by atoms with Crippen LogP contribution in [0, 0.1) is 0 Å². The molecular weight excluding hydrogens is 250 g/mol. The molecule has 0 unspecified atom stereocenters. The van der Waals surface area contributed by atoms with Gasteiger partial charge in [-0.25, -0.2) is 0 Å². The van der Waals surface area contributed by atoms with E-state index in [2.05, 4.69) is 5.32 Å². The predicted molar refractivity (Wildman–Crippen MR) is 70.4 cm³/mol. The van der Waals surface area contributed by atoms with E-state index in [9.17, 15) is 9.59 Å². The quantitative estimate of drug-likeness (QED) is 0.830. The first-order valence-corrected chi connectivity index (χ1v) is 6.93. The Morgan fingerprint density at radius 3 is 2.72 bits per heavy atom. The van der Waals surface area contributed by atoms with Crippen molar-refractivity contribution in [2.45, 2.75) is 18.9 Å². The highest BCUT2D eigenvalue weighted by molar-refractivity contribution is 7.08. The highest BCUT2D eigenvalue weighted by Gasteiger charge is 2.21. The maximum absolute atomic E-state index is 11.8. The third kappa shape index (κ3) is 3.54. The van der Waals surface area contributed by atoms with Crippen molar-refractivity contribution in [1.82, 2.24) is 10.2 Å². The third-order valence-electron chi connectivity index (χ3n) is 3.09. The van der Waals surface area contributed by atoms with Gasteiger partial charge in [0.05, 0.1) is 6.54 Å². The number of nitrogens with two attached hydrogens (primary N) is 1. The Morgan fingerprint density at radius 1 is 1.44 bits per heavy atom. The molecule has 3 N–H and O–H groups in total. The normalized spacial score (nSPS) is 17.6. The number of piperidine rings is 1. The highest BCUT2D eigenvalue weighted by atomic mass is 32.1. The van der Waals surface area contributed by atoms with Crippen molar-refractivity contribution < 1.29 is 9.59 Å². The molecular formula is C12H17N3O2S. The summed E-state index contributed by atoms with van der Waals surface area (Å²) in [6, 6.07) is 2.02. The van der Waals surface area contributed by atoms with E-state index in [4.69, 9.17) is 5.73 Å². The molecule has 0 aromatic carbocycles. The van der Waals surface area contributed by atoms with Gasteiger partial charge in [-0.1, -0.05) is 0 Å². The molecule has 0 spiro atoms. The number of amides is 2. The summed E-state index contributed by atoms with van der Waals surface area (Å²) >= 11 is 1.52. The van der Waals surface area contributed by atoms with Crippen LogP contribution in [0.5, 0.6) is 0 Å². The molecule has 6 heteroatoms. The number of primary amides is 1. The molecule has 18 heavy (non-hydrogen) atoms. The second-order valence-electron chi connectivity index (χ2n) is 4.50. The minimum atomic E-state index is -0.296. The zero-order chi connectivity index (χ0) is 13.0. The van der Waals surface area contributed by atoms with E-state index in [0.717, 1.165) is 31.5 Å². The fourth-order valence-electron chi connectivity index (χ4n) is 2.12. The van der Waals surface area contributed by atoms with Crippen LogP contribution in [0.25, 0.3) is 0 Å². The first kappa shape index (κ1) is 13.0. The number of hydrogen-bond acceptors (Lipinski definition) is 4. The molecule has 5 nitrogen and oxygen atoms in total. The van der Waals surface area contributed by atoms with Gasteiger partial charge in [-0.15, -0.1) is 0 Å².